The normalized spacial score (nSPS) is 19.3. The zero-order chi connectivity index (χ0) is 20.1. The molecule has 3 rings (SSSR count). The van der Waals surface area contributed by atoms with E-state index in [1.54, 1.807) is 18.2 Å². The largest absolute Gasteiger partial charge is 0.504 e. The monoisotopic (exact) mass is 421 g/mol. The molecule has 150 valence electrons. The highest BCUT2D eigenvalue weighted by molar-refractivity contribution is 8.26. The molecular formula is C20H23NO5S2. The Balaban J connectivity index is 1.66. The minimum absolute atomic E-state index is 0.0389. The fourth-order valence-electron chi connectivity index (χ4n) is 3.21. The number of thiocarbonyl (C=S) groups is 1. The Morgan fingerprint density at radius 3 is 2.82 bits per heavy atom. The number of esters is 1. The van der Waals surface area contributed by atoms with Gasteiger partial charge in [-0.25, -0.2) is 0 Å². The van der Waals surface area contributed by atoms with E-state index < -0.39 is 5.97 Å². The van der Waals surface area contributed by atoms with Crippen molar-refractivity contribution in [3.05, 3.63) is 28.7 Å². The van der Waals surface area contributed by atoms with Gasteiger partial charge in [0.05, 0.1) is 11.5 Å². The number of amides is 1. The lowest BCUT2D eigenvalue weighted by atomic mass is 9.98. The molecule has 1 aliphatic heterocycles. The Hall–Kier alpha value is -2.06. The molecule has 2 aliphatic rings. The van der Waals surface area contributed by atoms with Crippen LogP contribution in [0, 0.1) is 0 Å². The number of ether oxygens (including phenoxy) is 2. The topological polar surface area (TPSA) is 76.1 Å². The molecule has 0 atom stereocenters. The van der Waals surface area contributed by atoms with Crippen molar-refractivity contribution < 1.29 is 24.2 Å². The van der Waals surface area contributed by atoms with Crippen LogP contribution in [-0.4, -0.2) is 45.5 Å². The van der Waals surface area contributed by atoms with Gasteiger partial charge in [0, 0.05) is 0 Å². The van der Waals surface area contributed by atoms with Crippen molar-refractivity contribution in [1.82, 2.24) is 4.90 Å². The average molecular weight is 422 g/mol. The first-order valence-electron chi connectivity index (χ1n) is 9.38. The van der Waals surface area contributed by atoms with Gasteiger partial charge in [0.25, 0.3) is 5.91 Å². The second-order valence-electron chi connectivity index (χ2n) is 6.68. The fraction of sp³-hybridized carbons (Fsp3) is 0.450. The average Bonchev–Trinajstić information content (AvgIpc) is 2.93. The molecule has 0 unspecified atom stereocenters. The summed E-state index contributed by atoms with van der Waals surface area (Å²) >= 11 is 6.42. The molecule has 1 heterocycles. The Bertz CT molecular complexity index is 802. The molecule has 1 aromatic rings. The maximum absolute atomic E-state index is 12.7. The summed E-state index contributed by atoms with van der Waals surface area (Å²) in [5.41, 5.74) is 0.700. The van der Waals surface area contributed by atoms with Gasteiger partial charge < -0.3 is 14.6 Å². The predicted octanol–water partition coefficient (Wildman–Crippen LogP) is 3.87. The van der Waals surface area contributed by atoms with Gasteiger partial charge in [-0.2, -0.15) is 0 Å². The third kappa shape index (κ3) is 5.05. The molecule has 0 bridgehead atoms. The van der Waals surface area contributed by atoms with Crippen LogP contribution in [0.3, 0.4) is 0 Å². The molecule has 1 saturated heterocycles. The maximum Gasteiger partial charge on any atom is 0.326 e. The van der Waals surface area contributed by atoms with E-state index >= 15 is 0 Å². The van der Waals surface area contributed by atoms with Crippen LogP contribution in [0.1, 0.15) is 44.6 Å². The highest BCUT2D eigenvalue weighted by Gasteiger charge is 2.34. The summed E-state index contributed by atoms with van der Waals surface area (Å²) < 4.78 is 11.2. The lowest BCUT2D eigenvalue weighted by Gasteiger charge is -2.23. The Morgan fingerprint density at radius 2 is 2.11 bits per heavy atom. The van der Waals surface area contributed by atoms with Gasteiger partial charge in [0.1, 0.15) is 17.0 Å². The summed E-state index contributed by atoms with van der Waals surface area (Å²) in [6.45, 7) is 2.07. The number of thioether (sulfide) groups is 1. The molecule has 0 aromatic heterocycles. The molecule has 0 spiro atoms. The van der Waals surface area contributed by atoms with Gasteiger partial charge in [-0.05, 0) is 56.4 Å². The van der Waals surface area contributed by atoms with E-state index in [9.17, 15) is 14.7 Å². The van der Waals surface area contributed by atoms with Gasteiger partial charge in [0.2, 0.25) is 0 Å². The third-order valence-corrected chi connectivity index (χ3v) is 5.97. The molecule has 1 aromatic carbocycles. The van der Waals surface area contributed by atoms with E-state index in [1.165, 1.54) is 17.4 Å². The number of carbonyl (C=O) groups is 2. The van der Waals surface area contributed by atoms with Gasteiger partial charge in [-0.15, -0.1) is 0 Å². The molecular weight excluding hydrogens is 398 g/mol. The van der Waals surface area contributed by atoms with Crippen molar-refractivity contribution in [2.75, 3.05) is 13.2 Å². The third-order valence-electron chi connectivity index (χ3n) is 4.59. The Labute approximate surface area is 173 Å². The highest BCUT2D eigenvalue weighted by Crippen LogP contribution is 2.34. The first-order chi connectivity index (χ1) is 13.5. The smallest absolute Gasteiger partial charge is 0.326 e. The number of phenols is 1. The minimum atomic E-state index is -0.423. The minimum Gasteiger partial charge on any atom is -0.504 e. The zero-order valence-corrected chi connectivity index (χ0v) is 17.3. The van der Waals surface area contributed by atoms with Crippen LogP contribution in [0.2, 0.25) is 0 Å². The Morgan fingerprint density at radius 1 is 1.36 bits per heavy atom. The lowest BCUT2D eigenvalue weighted by molar-refractivity contribution is -0.152. The van der Waals surface area contributed by atoms with Crippen LogP contribution in [0.15, 0.2) is 23.1 Å². The zero-order valence-electron chi connectivity index (χ0n) is 15.7. The number of hydrogen-bond acceptors (Lipinski definition) is 7. The lowest BCUT2D eigenvalue weighted by Crippen LogP contribution is -2.36. The molecule has 1 aliphatic carbocycles. The van der Waals surface area contributed by atoms with E-state index in [0.717, 1.165) is 37.4 Å². The quantitative estimate of drug-likeness (QED) is 0.424. The van der Waals surface area contributed by atoms with E-state index in [1.807, 2.05) is 6.92 Å². The summed E-state index contributed by atoms with van der Waals surface area (Å²) in [5, 5.41) is 9.80. The molecule has 28 heavy (non-hydrogen) atoms. The second kappa shape index (κ2) is 9.43. The molecule has 1 amide bonds. The Kier molecular flexibility index (Phi) is 6.96. The van der Waals surface area contributed by atoms with Crippen molar-refractivity contribution in [3.8, 4) is 11.5 Å². The van der Waals surface area contributed by atoms with Crippen LogP contribution < -0.4 is 4.74 Å². The van der Waals surface area contributed by atoms with Crippen LogP contribution >= 0.6 is 24.0 Å². The van der Waals surface area contributed by atoms with E-state index in [-0.39, 0.29) is 24.3 Å². The number of aromatic hydroxyl groups is 1. The summed E-state index contributed by atoms with van der Waals surface area (Å²) in [5.74, 6) is -0.353. The van der Waals surface area contributed by atoms with E-state index in [2.05, 4.69) is 0 Å². The van der Waals surface area contributed by atoms with Gasteiger partial charge in [-0.1, -0.05) is 36.5 Å². The number of nitrogens with zero attached hydrogens (tertiary/aromatic N) is 1. The molecule has 1 N–H and O–H groups in total. The molecule has 1 saturated carbocycles. The highest BCUT2D eigenvalue weighted by atomic mass is 32.2. The molecule has 2 fully saturated rings. The fourth-order valence-corrected chi connectivity index (χ4v) is 4.47. The number of phenolic OH excluding ortho intramolecular Hbond substituents is 1. The van der Waals surface area contributed by atoms with Crippen LogP contribution in [0.5, 0.6) is 11.5 Å². The first kappa shape index (κ1) is 20.7. The summed E-state index contributed by atoms with van der Waals surface area (Å²) in [4.78, 5) is 26.6. The van der Waals surface area contributed by atoms with Crippen molar-refractivity contribution in [1.29, 1.82) is 0 Å². The first-order valence-corrected chi connectivity index (χ1v) is 10.6. The second-order valence-corrected chi connectivity index (χ2v) is 8.35. The predicted molar refractivity (Wildman–Crippen MR) is 112 cm³/mol. The van der Waals surface area contributed by atoms with Crippen molar-refractivity contribution in [3.63, 3.8) is 0 Å². The molecule has 6 nitrogen and oxygen atoms in total. The van der Waals surface area contributed by atoms with Crippen molar-refractivity contribution >= 4 is 46.3 Å². The van der Waals surface area contributed by atoms with E-state index in [4.69, 9.17) is 21.7 Å². The molecule has 8 heteroatoms. The number of benzene rings is 1. The summed E-state index contributed by atoms with van der Waals surface area (Å²) in [6, 6.07) is 4.85. The summed E-state index contributed by atoms with van der Waals surface area (Å²) in [6.07, 6.45) is 6.70. The standard InChI is InChI=1S/C20H23NO5S2/c1-2-25-16-10-13(8-9-15(16)22)11-17-19(24)21(20(27)28-17)12-18(23)26-14-6-4-3-5-7-14/h8-11,14,22H,2-7,12H2,1H3/b17-11-. The number of hydrogen-bond donors (Lipinski definition) is 1. The van der Waals surface area contributed by atoms with Crippen LogP contribution in [0.4, 0.5) is 0 Å². The van der Waals surface area contributed by atoms with Gasteiger partial charge in [0.15, 0.2) is 11.5 Å². The SMILES string of the molecule is CCOc1cc(/C=C2\SC(=S)N(CC(=O)OC3CCCCC3)C2=O)ccc1O. The number of carbonyl (C=O) groups excluding carboxylic acids is 2. The molecule has 0 radical (unpaired) electrons. The van der Waals surface area contributed by atoms with Gasteiger partial charge >= 0.3 is 5.97 Å². The van der Waals surface area contributed by atoms with Crippen molar-refractivity contribution in [2.24, 2.45) is 0 Å². The maximum atomic E-state index is 12.7. The summed E-state index contributed by atoms with van der Waals surface area (Å²) in [7, 11) is 0. The van der Waals surface area contributed by atoms with E-state index in [0.29, 0.717) is 27.1 Å². The van der Waals surface area contributed by atoms with Crippen LogP contribution in [-0.2, 0) is 14.3 Å². The van der Waals surface area contributed by atoms with Gasteiger partial charge in [-0.3, -0.25) is 14.5 Å². The number of rotatable bonds is 6. The van der Waals surface area contributed by atoms with Crippen molar-refractivity contribution in [2.45, 2.75) is 45.1 Å². The van der Waals surface area contributed by atoms with Crippen LogP contribution in [0.25, 0.3) is 6.08 Å².